The van der Waals surface area contributed by atoms with Crippen LogP contribution in [0.3, 0.4) is 0 Å². The van der Waals surface area contributed by atoms with Crippen LogP contribution < -0.4 is 15.5 Å². The molecule has 0 bridgehead atoms. The summed E-state index contributed by atoms with van der Waals surface area (Å²) in [6.45, 7) is 1.35. The SMILES string of the molecule is O=C1NC(=O)[C@](CCC(=O)N2CCN3c4c(Cl)c(Cl)c(Cl)c(F)c4CC3C2)(C2CC2)N1. The number of amides is 4. The lowest BCUT2D eigenvalue weighted by Gasteiger charge is -2.39. The highest BCUT2D eigenvalue weighted by atomic mass is 35.5. The number of hydrogen-bond donors (Lipinski definition) is 2. The third-order valence-electron chi connectivity index (χ3n) is 6.88. The fourth-order valence-corrected chi connectivity index (χ4v) is 5.90. The number of urea groups is 1. The molecule has 4 amide bonds. The van der Waals surface area contributed by atoms with E-state index in [0.717, 1.165) is 12.8 Å². The number of rotatable bonds is 4. The normalized spacial score (nSPS) is 27.2. The Balaban J connectivity index is 1.28. The summed E-state index contributed by atoms with van der Waals surface area (Å²) in [5.41, 5.74) is 0.00268. The zero-order chi connectivity index (χ0) is 22.1. The summed E-state index contributed by atoms with van der Waals surface area (Å²) >= 11 is 18.4. The van der Waals surface area contributed by atoms with E-state index in [1.54, 1.807) is 4.90 Å². The lowest BCUT2D eigenvalue weighted by atomic mass is 9.87. The highest BCUT2D eigenvalue weighted by Gasteiger charge is 2.55. The molecule has 2 atom stereocenters. The van der Waals surface area contributed by atoms with E-state index in [1.807, 2.05) is 4.90 Å². The molecule has 0 radical (unpaired) electrons. The standard InChI is InChI=1S/C20H20Cl3FN4O3/c21-13-14(22)16(24)11-7-10-8-27(5-6-28(10)17(11)15(13)23)12(29)3-4-20(9-1-2-9)18(30)25-19(31)26-20/h9-10H,1-8H2,(H2,25,26,30,31)/t10?,20-/m0/s1. The van der Waals surface area contributed by atoms with E-state index < -0.39 is 17.4 Å². The Morgan fingerprint density at radius 1 is 1.13 bits per heavy atom. The smallest absolute Gasteiger partial charge is 0.322 e. The number of carbonyl (C=O) groups excluding carboxylic acids is 3. The number of nitrogens with zero attached hydrogens (tertiary/aromatic N) is 2. The predicted octanol–water partition coefficient (Wildman–Crippen LogP) is 3.13. The molecule has 1 unspecified atom stereocenters. The van der Waals surface area contributed by atoms with Crippen LogP contribution >= 0.6 is 34.8 Å². The molecule has 1 aliphatic carbocycles. The Morgan fingerprint density at radius 2 is 1.87 bits per heavy atom. The molecule has 3 heterocycles. The Morgan fingerprint density at radius 3 is 2.52 bits per heavy atom. The maximum Gasteiger partial charge on any atom is 0.322 e. The van der Waals surface area contributed by atoms with Crippen molar-refractivity contribution in [1.82, 2.24) is 15.5 Å². The molecule has 11 heteroatoms. The number of benzene rings is 1. The van der Waals surface area contributed by atoms with Gasteiger partial charge in [0.25, 0.3) is 5.91 Å². The number of nitrogens with one attached hydrogen (secondary N) is 2. The zero-order valence-electron chi connectivity index (χ0n) is 16.4. The van der Waals surface area contributed by atoms with Gasteiger partial charge in [-0.2, -0.15) is 0 Å². The second-order valence-electron chi connectivity index (χ2n) is 8.63. The van der Waals surface area contributed by atoms with Crippen LogP contribution in [-0.2, 0) is 16.0 Å². The van der Waals surface area contributed by atoms with Gasteiger partial charge in [-0.15, -0.1) is 0 Å². The summed E-state index contributed by atoms with van der Waals surface area (Å²) in [5, 5.41) is 5.11. The van der Waals surface area contributed by atoms with Gasteiger partial charge in [0.15, 0.2) is 0 Å². The van der Waals surface area contributed by atoms with Gasteiger partial charge in [-0.3, -0.25) is 14.9 Å². The van der Waals surface area contributed by atoms with Crippen molar-refractivity contribution in [2.24, 2.45) is 5.92 Å². The molecule has 31 heavy (non-hydrogen) atoms. The average Bonchev–Trinajstić information content (AvgIpc) is 3.46. The number of fused-ring (bicyclic) bond motifs is 3. The van der Waals surface area contributed by atoms with Gasteiger partial charge in [-0.05, 0) is 31.6 Å². The largest absolute Gasteiger partial charge is 0.363 e. The van der Waals surface area contributed by atoms with E-state index in [2.05, 4.69) is 10.6 Å². The number of hydrogen-bond acceptors (Lipinski definition) is 4. The lowest BCUT2D eigenvalue weighted by molar-refractivity contribution is -0.133. The molecule has 7 nitrogen and oxygen atoms in total. The first-order valence-corrected chi connectivity index (χ1v) is 11.4. The van der Waals surface area contributed by atoms with Crippen molar-refractivity contribution in [3.05, 3.63) is 26.4 Å². The quantitative estimate of drug-likeness (QED) is 0.387. The Kier molecular flexibility index (Phi) is 5.03. The molecule has 2 saturated heterocycles. The van der Waals surface area contributed by atoms with Gasteiger partial charge in [0.2, 0.25) is 5.91 Å². The molecule has 3 aliphatic heterocycles. The molecule has 166 valence electrons. The first-order chi connectivity index (χ1) is 14.7. The van der Waals surface area contributed by atoms with Crippen molar-refractivity contribution >= 4 is 58.3 Å². The van der Waals surface area contributed by atoms with E-state index >= 15 is 0 Å². The van der Waals surface area contributed by atoms with Crippen LogP contribution in [0, 0.1) is 11.7 Å². The maximum atomic E-state index is 14.7. The van der Waals surface area contributed by atoms with Gasteiger partial charge in [0.05, 0.1) is 26.8 Å². The van der Waals surface area contributed by atoms with Crippen LogP contribution in [-0.4, -0.2) is 54.0 Å². The van der Waals surface area contributed by atoms with Crippen molar-refractivity contribution in [1.29, 1.82) is 0 Å². The summed E-state index contributed by atoms with van der Waals surface area (Å²) in [6.07, 6.45) is 2.52. The van der Waals surface area contributed by atoms with E-state index in [-0.39, 0.29) is 51.7 Å². The van der Waals surface area contributed by atoms with Crippen molar-refractivity contribution in [2.75, 3.05) is 24.5 Å². The lowest BCUT2D eigenvalue weighted by Crippen LogP contribution is -2.54. The van der Waals surface area contributed by atoms with Crippen molar-refractivity contribution in [3.63, 3.8) is 0 Å². The van der Waals surface area contributed by atoms with Gasteiger partial charge in [-0.1, -0.05) is 34.8 Å². The van der Waals surface area contributed by atoms with Crippen molar-refractivity contribution in [3.8, 4) is 0 Å². The van der Waals surface area contributed by atoms with Crippen molar-refractivity contribution in [2.45, 2.75) is 43.7 Å². The molecule has 3 fully saturated rings. The summed E-state index contributed by atoms with van der Waals surface area (Å²) in [4.78, 5) is 40.7. The monoisotopic (exact) mass is 488 g/mol. The molecular formula is C20H20Cl3FN4O3. The zero-order valence-corrected chi connectivity index (χ0v) is 18.7. The predicted molar refractivity (Wildman–Crippen MR) is 114 cm³/mol. The number of imide groups is 1. The number of piperazine rings is 1. The molecule has 4 aliphatic rings. The molecule has 1 aromatic rings. The number of carbonyl (C=O) groups is 3. The van der Waals surface area contributed by atoms with Crippen LogP contribution in [0.15, 0.2) is 0 Å². The van der Waals surface area contributed by atoms with Crippen molar-refractivity contribution < 1.29 is 18.8 Å². The highest BCUT2D eigenvalue weighted by molar-refractivity contribution is 6.49. The van der Waals surface area contributed by atoms with E-state index in [0.29, 0.717) is 37.3 Å². The molecule has 0 spiro atoms. The summed E-state index contributed by atoms with van der Waals surface area (Å²) in [6, 6.07) is -0.626. The van der Waals surface area contributed by atoms with Crippen LogP contribution in [0.2, 0.25) is 15.1 Å². The minimum absolute atomic E-state index is 0.000927. The Hall–Kier alpha value is -1.77. The first-order valence-electron chi connectivity index (χ1n) is 10.3. The van der Waals surface area contributed by atoms with Crippen LogP contribution in [0.4, 0.5) is 14.9 Å². The summed E-state index contributed by atoms with van der Waals surface area (Å²) in [7, 11) is 0. The Labute approximate surface area is 193 Å². The van der Waals surface area contributed by atoms with Gasteiger partial charge in [-0.25, -0.2) is 9.18 Å². The summed E-state index contributed by atoms with van der Waals surface area (Å²) in [5.74, 6) is -0.921. The molecule has 1 aromatic carbocycles. The topological polar surface area (TPSA) is 81.8 Å². The van der Waals surface area contributed by atoms with Crippen LogP contribution in [0.5, 0.6) is 0 Å². The third-order valence-corrected chi connectivity index (χ3v) is 8.17. The van der Waals surface area contributed by atoms with Gasteiger partial charge >= 0.3 is 6.03 Å². The van der Waals surface area contributed by atoms with Crippen LogP contribution in [0.25, 0.3) is 0 Å². The molecular weight excluding hydrogens is 470 g/mol. The van der Waals surface area contributed by atoms with Gasteiger partial charge in [0.1, 0.15) is 11.4 Å². The highest BCUT2D eigenvalue weighted by Crippen LogP contribution is 2.48. The minimum atomic E-state index is -0.984. The second-order valence-corrected chi connectivity index (χ2v) is 9.76. The fourth-order valence-electron chi connectivity index (χ4n) is 5.15. The van der Waals surface area contributed by atoms with Gasteiger partial charge in [0, 0.05) is 31.6 Å². The fraction of sp³-hybridized carbons (Fsp3) is 0.550. The number of anilines is 1. The Bertz CT molecular complexity index is 1020. The maximum absolute atomic E-state index is 14.7. The molecule has 1 saturated carbocycles. The average molecular weight is 490 g/mol. The first kappa shape index (κ1) is 21.1. The molecule has 5 rings (SSSR count). The van der Waals surface area contributed by atoms with E-state index in [1.165, 1.54) is 0 Å². The second kappa shape index (κ2) is 7.39. The van der Waals surface area contributed by atoms with E-state index in [9.17, 15) is 18.8 Å². The molecule has 0 aromatic heterocycles. The number of halogens is 4. The summed E-state index contributed by atoms with van der Waals surface area (Å²) < 4.78 is 14.7. The molecule has 2 N–H and O–H groups in total. The van der Waals surface area contributed by atoms with E-state index in [4.69, 9.17) is 34.8 Å². The third kappa shape index (κ3) is 3.26. The minimum Gasteiger partial charge on any atom is -0.363 e. The van der Waals surface area contributed by atoms with Gasteiger partial charge < -0.3 is 15.1 Å². The van der Waals surface area contributed by atoms with Crippen LogP contribution in [0.1, 0.15) is 31.2 Å².